The molecule has 3 aromatic rings. The van der Waals surface area contributed by atoms with Crippen molar-refractivity contribution in [3.05, 3.63) is 76.2 Å². The Morgan fingerprint density at radius 2 is 1.75 bits per heavy atom. The summed E-state index contributed by atoms with van der Waals surface area (Å²) in [5.74, 6) is -0.884. The van der Waals surface area contributed by atoms with Crippen LogP contribution in [0, 0.1) is 5.92 Å². The van der Waals surface area contributed by atoms with Gasteiger partial charge in [-0.3, -0.25) is 4.79 Å². The SMILES string of the molecule is CC(C)Cn1cc(C(=O)Oc2cccc(C(F)(F)F)c2)c2ccccc2c1=O. The lowest BCUT2D eigenvalue weighted by Crippen LogP contribution is -2.25. The topological polar surface area (TPSA) is 48.3 Å². The molecule has 0 fully saturated rings. The van der Waals surface area contributed by atoms with Crippen molar-refractivity contribution in [1.82, 2.24) is 4.57 Å². The maximum absolute atomic E-state index is 12.9. The summed E-state index contributed by atoms with van der Waals surface area (Å²) in [6.07, 6.45) is -3.14. The Hall–Kier alpha value is -3.09. The van der Waals surface area contributed by atoms with Gasteiger partial charge in [-0.25, -0.2) is 4.79 Å². The summed E-state index contributed by atoms with van der Waals surface area (Å²) in [6, 6.07) is 10.7. The van der Waals surface area contributed by atoms with Crippen LogP contribution in [0.5, 0.6) is 5.75 Å². The molecule has 0 radical (unpaired) electrons. The maximum Gasteiger partial charge on any atom is 0.416 e. The minimum Gasteiger partial charge on any atom is -0.423 e. The summed E-state index contributed by atoms with van der Waals surface area (Å²) >= 11 is 0. The van der Waals surface area contributed by atoms with E-state index < -0.39 is 17.7 Å². The molecule has 2 aromatic carbocycles. The van der Waals surface area contributed by atoms with Gasteiger partial charge in [-0.1, -0.05) is 38.1 Å². The van der Waals surface area contributed by atoms with E-state index in [4.69, 9.17) is 4.74 Å². The zero-order chi connectivity index (χ0) is 20.5. The molecule has 0 N–H and O–H groups in total. The second-order valence-electron chi connectivity index (χ2n) is 6.85. The molecule has 0 spiro atoms. The molecule has 0 aliphatic heterocycles. The fourth-order valence-corrected chi connectivity index (χ4v) is 2.93. The Kier molecular flexibility index (Phi) is 5.27. The third-order valence-electron chi connectivity index (χ3n) is 4.15. The summed E-state index contributed by atoms with van der Waals surface area (Å²) in [6.45, 7) is 4.26. The Bertz CT molecular complexity index is 1080. The number of carbonyl (C=O) groups excluding carboxylic acids is 1. The van der Waals surface area contributed by atoms with Crippen molar-refractivity contribution < 1.29 is 22.7 Å². The number of rotatable bonds is 4. The molecule has 146 valence electrons. The maximum atomic E-state index is 12.9. The van der Waals surface area contributed by atoms with E-state index in [1.807, 2.05) is 13.8 Å². The molecule has 4 nitrogen and oxygen atoms in total. The number of ether oxygens (including phenoxy) is 1. The van der Waals surface area contributed by atoms with Crippen LogP contribution in [0.15, 0.2) is 59.5 Å². The lowest BCUT2D eigenvalue weighted by molar-refractivity contribution is -0.137. The van der Waals surface area contributed by atoms with Crippen molar-refractivity contribution in [3.8, 4) is 5.75 Å². The molecule has 7 heteroatoms. The lowest BCUT2D eigenvalue weighted by Gasteiger charge is -2.14. The number of aromatic nitrogens is 1. The number of fused-ring (bicyclic) bond motifs is 1. The van der Waals surface area contributed by atoms with Crippen LogP contribution in [0.25, 0.3) is 10.8 Å². The average Bonchev–Trinajstić information content (AvgIpc) is 2.63. The second kappa shape index (κ2) is 7.50. The van der Waals surface area contributed by atoms with Crippen molar-refractivity contribution in [2.24, 2.45) is 5.92 Å². The van der Waals surface area contributed by atoms with Crippen LogP contribution in [0.4, 0.5) is 13.2 Å². The summed E-state index contributed by atoms with van der Waals surface area (Å²) in [7, 11) is 0. The van der Waals surface area contributed by atoms with E-state index in [1.54, 1.807) is 24.3 Å². The number of benzene rings is 2. The van der Waals surface area contributed by atoms with Crippen LogP contribution >= 0.6 is 0 Å². The van der Waals surface area contributed by atoms with E-state index in [-0.39, 0.29) is 22.8 Å². The third-order valence-corrected chi connectivity index (χ3v) is 4.15. The van der Waals surface area contributed by atoms with E-state index in [9.17, 15) is 22.8 Å². The summed E-state index contributed by atoms with van der Waals surface area (Å²) in [5.41, 5.74) is -1.03. The highest BCUT2D eigenvalue weighted by Gasteiger charge is 2.31. The first-order chi connectivity index (χ1) is 13.2. The van der Waals surface area contributed by atoms with E-state index in [1.165, 1.54) is 22.9 Å². The molecule has 0 amide bonds. The highest BCUT2D eigenvalue weighted by atomic mass is 19.4. The molecule has 1 aromatic heterocycles. The molecule has 0 atom stereocenters. The van der Waals surface area contributed by atoms with Gasteiger partial charge in [-0.15, -0.1) is 0 Å². The van der Waals surface area contributed by atoms with Gasteiger partial charge in [0.2, 0.25) is 0 Å². The third kappa shape index (κ3) is 4.08. The fraction of sp³-hybridized carbons (Fsp3) is 0.238. The smallest absolute Gasteiger partial charge is 0.416 e. The number of pyridine rings is 1. The Labute approximate surface area is 159 Å². The lowest BCUT2D eigenvalue weighted by atomic mass is 10.1. The predicted molar refractivity (Wildman–Crippen MR) is 99.4 cm³/mol. The van der Waals surface area contributed by atoms with Gasteiger partial charge in [-0.05, 0) is 30.2 Å². The van der Waals surface area contributed by atoms with Gasteiger partial charge in [-0.2, -0.15) is 13.2 Å². The molecular formula is C21H18F3NO3. The molecule has 3 rings (SSSR count). The molecular weight excluding hydrogens is 371 g/mol. The Morgan fingerprint density at radius 3 is 2.39 bits per heavy atom. The van der Waals surface area contributed by atoms with Crippen molar-refractivity contribution in [2.45, 2.75) is 26.6 Å². The predicted octanol–water partition coefficient (Wildman–Crippen LogP) is 4.90. The Balaban J connectivity index is 2.04. The summed E-state index contributed by atoms with van der Waals surface area (Å²) in [5, 5.41) is 0.742. The fourth-order valence-electron chi connectivity index (χ4n) is 2.93. The molecule has 0 aliphatic carbocycles. The monoisotopic (exact) mass is 389 g/mol. The molecule has 0 aliphatic rings. The number of esters is 1. The van der Waals surface area contributed by atoms with Crippen molar-refractivity contribution >= 4 is 16.7 Å². The molecule has 1 heterocycles. The van der Waals surface area contributed by atoms with Gasteiger partial charge < -0.3 is 9.30 Å². The van der Waals surface area contributed by atoms with Gasteiger partial charge in [0.15, 0.2) is 0 Å². The highest BCUT2D eigenvalue weighted by Crippen LogP contribution is 2.31. The van der Waals surface area contributed by atoms with Gasteiger partial charge >= 0.3 is 12.1 Å². The summed E-state index contributed by atoms with van der Waals surface area (Å²) < 4.78 is 45.2. The molecule has 0 bridgehead atoms. The highest BCUT2D eigenvalue weighted by molar-refractivity contribution is 6.04. The van der Waals surface area contributed by atoms with E-state index in [2.05, 4.69) is 0 Å². The van der Waals surface area contributed by atoms with Crippen LogP contribution in [0.3, 0.4) is 0 Å². The molecule has 0 saturated heterocycles. The minimum absolute atomic E-state index is 0.119. The normalized spacial score (nSPS) is 11.8. The quantitative estimate of drug-likeness (QED) is 0.471. The van der Waals surface area contributed by atoms with Crippen molar-refractivity contribution in [1.29, 1.82) is 0 Å². The summed E-state index contributed by atoms with van der Waals surface area (Å²) in [4.78, 5) is 25.4. The van der Waals surface area contributed by atoms with Crippen LogP contribution in [0.2, 0.25) is 0 Å². The van der Waals surface area contributed by atoms with Gasteiger partial charge in [0.1, 0.15) is 5.75 Å². The van der Waals surface area contributed by atoms with E-state index >= 15 is 0 Å². The minimum atomic E-state index is -4.54. The number of carbonyl (C=O) groups is 1. The van der Waals surface area contributed by atoms with Gasteiger partial charge in [0.05, 0.1) is 11.1 Å². The molecule has 28 heavy (non-hydrogen) atoms. The zero-order valence-electron chi connectivity index (χ0n) is 15.3. The number of hydrogen-bond donors (Lipinski definition) is 0. The first-order valence-corrected chi connectivity index (χ1v) is 8.68. The zero-order valence-corrected chi connectivity index (χ0v) is 15.3. The van der Waals surface area contributed by atoms with Crippen LogP contribution in [-0.4, -0.2) is 10.5 Å². The van der Waals surface area contributed by atoms with E-state index in [0.717, 1.165) is 12.1 Å². The van der Waals surface area contributed by atoms with Crippen molar-refractivity contribution in [3.63, 3.8) is 0 Å². The standard InChI is InChI=1S/C21H18F3NO3/c1-13(2)11-25-12-18(16-8-3-4-9-17(16)19(25)26)20(27)28-15-7-5-6-14(10-15)21(22,23)24/h3-10,12-13H,11H2,1-2H3. The van der Waals surface area contributed by atoms with Crippen LogP contribution < -0.4 is 10.3 Å². The van der Waals surface area contributed by atoms with Crippen LogP contribution in [-0.2, 0) is 12.7 Å². The van der Waals surface area contributed by atoms with Crippen LogP contribution in [0.1, 0.15) is 29.8 Å². The van der Waals surface area contributed by atoms with Crippen molar-refractivity contribution in [2.75, 3.05) is 0 Å². The molecule has 0 unspecified atom stereocenters. The van der Waals surface area contributed by atoms with E-state index in [0.29, 0.717) is 17.3 Å². The second-order valence-corrected chi connectivity index (χ2v) is 6.85. The van der Waals surface area contributed by atoms with Gasteiger partial charge in [0.25, 0.3) is 5.56 Å². The number of nitrogens with zero attached hydrogens (tertiary/aromatic N) is 1. The average molecular weight is 389 g/mol. The largest absolute Gasteiger partial charge is 0.423 e. The number of halogens is 3. The van der Waals surface area contributed by atoms with Gasteiger partial charge in [0, 0.05) is 23.5 Å². The molecule has 0 saturated carbocycles. The number of alkyl halides is 3. The number of hydrogen-bond acceptors (Lipinski definition) is 3. The first kappa shape index (κ1) is 19.7. The Morgan fingerprint density at radius 1 is 1.07 bits per heavy atom. The first-order valence-electron chi connectivity index (χ1n) is 8.68.